The number of carbonyl (C=O) groups excluding carboxylic acids is 1. The van der Waals surface area contributed by atoms with Crippen LogP contribution in [-0.2, 0) is 25.5 Å². The molecule has 8 nitrogen and oxygen atoms in total. The molecule has 1 aliphatic heterocycles. The van der Waals surface area contributed by atoms with Crippen LogP contribution < -0.4 is 4.74 Å². The second-order valence-electron chi connectivity index (χ2n) is 10.1. The summed E-state index contributed by atoms with van der Waals surface area (Å²) in [5, 5.41) is 9.68. The highest BCUT2D eigenvalue weighted by Gasteiger charge is 2.34. The monoisotopic (exact) mass is 510 g/mol. The first-order valence-electron chi connectivity index (χ1n) is 12.1. The molecule has 1 aliphatic rings. The minimum Gasteiger partial charge on any atom is -0.490 e. The standard InChI is InChI=1S/C28H31FN2O6/c1-14-17-8-7-11-36-24(17)20(29)13-18(14)23-19-12-16(9-10-21(32)33)31-26(19)30-15(2)22(23)25(27(34)35-6)37-28(3,4)5/h9-10,12-13,25H,7-8,11H2,1-6H3,(H,30,31)(H,32,33). The van der Waals surface area contributed by atoms with Crippen LogP contribution in [0, 0.1) is 19.7 Å². The number of rotatable bonds is 6. The lowest BCUT2D eigenvalue weighted by atomic mass is 9.86. The Kier molecular flexibility index (Phi) is 7.10. The van der Waals surface area contributed by atoms with E-state index in [1.54, 1.807) is 13.0 Å². The highest BCUT2D eigenvalue weighted by Crippen LogP contribution is 2.44. The topological polar surface area (TPSA) is 111 Å². The Morgan fingerprint density at radius 2 is 2.00 bits per heavy atom. The Labute approximate surface area is 214 Å². The molecule has 1 aromatic carbocycles. The highest BCUT2D eigenvalue weighted by molar-refractivity contribution is 6.00. The molecule has 1 atom stereocenters. The number of carbonyl (C=O) groups is 2. The predicted octanol–water partition coefficient (Wildman–Crippen LogP) is 5.44. The molecule has 2 aromatic heterocycles. The number of hydrogen-bond donors (Lipinski definition) is 2. The van der Waals surface area contributed by atoms with Gasteiger partial charge in [-0.05, 0) is 76.8 Å². The lowest BCUT2D eigenvalue weighted by Crippen LogP contribution is -2.29. The zero-order valence-corrected chi connectivity index (χ0v) is 21.8. The van der Waals surface area contributed by atoms with Crippen molar-refractivity contribution in [3.63, 3.8) is 0 Å². The largest absolute Gasteiger partial charge is 0.490 e. The first-order chi connectivity index (χ1) is 17.4. The summed E-state index contributed by atoms with van der Waals surface area (Å²) in [6, 6.07) is 3.15. The molecule has 196 valence electrons. The number of esters is 1. The van der Waals surface area contributed by atoms with Crippen LogP contribution in [-0.4, -0.2) is 46.3 Å². The van der Waals surface area contributed by atoms with Crippen LogP contribution in [0.15, 0.2) is 18.2 Å². The van der Waals surface area contributed by atoms with Crippen molar-refractivity contribution in [2.75, 3.05) is 13.7 Å². The minimum atomic E-state index is -1.14. The summed E-state index contributed by atoms with van der Waals surface area (Å²) in [5.41, 5.74) is 3.95. The van der Waals surface area contributed by atoms with Crippen LogP contribution in [0.1, 0.15) is 61.4 Å². The summed E-state index contributed by atoms with van der Waals surface area (Å²) < 4.78 is 32.3. The van der Waals surface area contributed by atoms with Gasteiger partial charge in [0, 0.05) is 39.5 Å². The van der Waals surface area contributed by atoms with Gasteiger partial charge in [-0.2, -0.15) is 0 Å². The second kappa shape index (κ2) is 9.97. The number of ether oxygens (including phenoxy) is 3. The van der Waals surface area contributed by atoms with Gasteiger partial charge in [0.15, 0.2) is 17.7 Å². The molecule has 0 bridgehead atoms. The number of carboxylic acid groups (broad SMARTS) is 1. The molecular formula is C28H31FN2O6. The maximum absolute atomic E-state index is 15.4. The van der Waals surface area contributed by atoms with Crippen molar-refractivity contribution in [2.45, 2.75) is 59.2 Å². The Hall–Kier alpha value is -3.72. The number of carboxylic acids is 1. The van der Waals surface area contributed by atoms with Crippen molar-refractivity contribution >= 4 is 29.0 Å². The van der Waals surface area contributed by atoms with Gasteiger partial charge in [-0.3, -0.25) is 0 Å². The fourth-order valence-electron chi connectivity index (χ4n) is 4.76. The van der Waals surface area contributed by atoms with Gasteiger partial charge in [-0.15, -0.1) is 0 Å². The molecule has 0 spiro atoms. The molecule has 2 N–H and O–H groups in total. The van der Waals surface area contributed by atoms with E-state index in [9.17, 15) is 9.59 Å². The number of aryl methyl sites for hydroxylation is 1. The Morgan fingerprint density at radius 1 is 1.27 bits per heavy atom. The van der Waals surface area contributed by atoms with Crippen molar-refractivity contribution in [1.29, 1.82) is 0 Å². The van der Waals surface area contributed by atoms with Crippen LogP contribution in [0.2, 0.25) is 0 Å². The molecule has 0 saturated carbocycles. The van der Waals surface area contributed by atoms with Gasteiger partial charge >= 0.3 is 11.9 Å². The average Bonchev–Trinajstić information content (AvgIpc) is 3.24. The normalized spacial score (nSPS) is 14.5. The quantitative estimate of drug-likeness (QED) is 0.336. The van der Waals surface area contributed by atoms with Crippen LogP contribution in [0.5, 0.6) is 5.75 Å². The van der Waals surface area contributed by atoms with Gasteiger partial charge in [0.25, 0.3) is 0 Å². The molecule has 37 heavy (non-hydrogen) atoms. The van der Waals surface area contributed by atoms with Gasteiger partial charge in [0.2, 0.25) is 0 Å². The van der Waals surface area contributed by atoms with Gasteiger partial charge in [0.1, 0.15) is 5.65 Å². The maximum atomic E-state index is 15.4. The molecule has 1 unspecified atom stereocenters. The molecule has 0 saturated heterocycles. The molecule has 0 aliphatic carbocycles. The van der Waals surface area contributed by atoms with E-state index in [0.717, 1.165) is 23.6 Å². The zero-order valence-electron chi connectivity index (χ0n) is 21.8. The van der Waals surface area contributed by atoms with Crippen molar-refractivity contribution < 1.29 is 33.3 Å². The van der Waals surface area contributed by atoms with E-state index in [-0.39, 0.29) is 5.75 Å². The molecule has 3 heterocycles. The number of methoxy groups -OCH3 is 1. The molecular weight excluding hydrogens is 479 g/mol. The average molecular weight is 511 g/mol. The van der Waals surface area contributed by atoms with Gasteiger partial charge in [-0.1, -0.05) is 0 Å². The Balaban J connectivity index is 2.10. The molecule has 0 radical (unpaired) electrons. The van der Waals surface area contributed by atoms with E-state index >= 15 is 4.39 Å². The lowest BCUT2D eigenvalue weighted by Gasteiger charge is -2.29. The van der Waals surface area contributed by atoms with E-state index in [1.807, 2.05) is 27.7 Å². The van der Waals surface area contributed by atoms with Crippen LogP contribution in [0.25, 0.3) is 28.2 Å². The van der Waals surface area contributed by atoms with Crippen molar-refractivity contribution in [1.82, 2.24) is 9.97 Å². The number of benzene rings is 1. The third-order valence-corrected chi connectivity index (χ3v) is 6.29. The first-order valence-corrected chi connectivity index (χ1v) is 12.1. The smallest absolute Gasteiger partial charge is 0.339 e. The number of pyridine rings is 1. The van der Waals surface area contributed by atoms with Crippen molar-refractivity contribution in [2.24, 2.45) is 0 Å². The van der Waals surface area contributed by atoms with E-state index in [0.29, 0.717) is 52.1 Å². The molecule has 0 fully saturated rings. The van der Waals surface area contributed by atoms with Crippen molar-refractivity contribution in [3.8, 4) is 16.9 Å². The van der Waals surface area contributed by atoms with Crippen LogP contribution >= 0.6 is 0 Å². The number of aliphatic carboxylic acids is 1. The number of halogens is 1. The first kappa shape index (κ1) is 26.3. The number of nitrogens with zero attached hydrogens (tertiary/aromatic N) is 1. The second-order valence-corrected chi connectivity index (χ2v) is 10.1. The van der Waals surface area contributed by atoms with Crippen molar-refractivity contribution in [3.05, 3.63) is 52.1 Å². The SMILES string of the molecule is COC(=O)C(OC(C)(C)C)c1c(C)nc2[nH]c(C=CC(=O)O)cc2c1-c1cc(F)c2c(c1C)CCCO2. The molecule has 9 heteroatoms. The predicted molar refractivity (Wildman–Crippen MR) is 137 cm³/mol. The van der Waals surface area contributed by atoms with Crippen LogP contribution in [0.3, 0.4) is 0 Å². The summed E-state index contributed by atoms with van der Waals surface area (Å²) in [6.07, 6.45) is 2.72. The third-order valence-electron chi connectivity index (χ3n) is 6.29. The highest BCUT2D eigenvalue weighted by atomic mass is 19.1. The molecule has 3 aromatic rings. The minimum absolute atomic E-state index is 0.255. The van der Waals surface area contributed by atoms with E-state index in [2.05, 4.69) is 9.97 Å². The fourth-order valence-corrected chi connectivity index (χ4v) is 4.76. The van der Waals surface area contributed by atoms with E-state index < -0.39 is 29.5 Å². The summed E-state index contributed by atoms with van der Waals surface area (Å²) in [4.78, 5) is 32.0. The number of nitrogens with one attached hydrogen (secondary N) is 1. The number of hydrogen-bond acceptors (Lipinski definition) is 6. The summed E-state index contributed by atoms with van der Waals surface area (Å²) >= 11 is 0. The number of aromatic amines is 1. The maximum Gasteiger partial charge on any atom is 0.339 e. The number of aromatic nitrogens is 2. The van der Waals surface area contributed by atoms with Gasteiger partial charge < -0.3 is 24.3 Å². The zero-order chi connectivity index (χ0) is 27.1. The molecule has 4 rings (SSSR count). The summed E-state index contributed by atoms with van der Waals surface area (Å²) in [5.74, 6) is -1.94. The number of H-pyrrole nitrogens is 1. The summed E-state index contributed by atoms with van der Waals surface area (Å²) in [7, 11) is 1.29. The van der Waals surface area contributed by atoms with Gasteiger partial charge in [-0.25, -0.2) is 19.0 Å². The van der Waals surface area contributed by atoms with Gasteiger partial charge in [0.05, 0.1) is 19.3 Å². The lowest BCUT2D eigenvalue weighted by molar-refractivity contribution is -0.164. The third kappa shape index (κ3) is 5.22. The Bertz CT molecular complexity index is 1420. The fraction of sp³-hybridized carbons (Fsp3) is 0.393. The Morgan fingerprint density at radius 3 is 2.65 bits per heavy atom. The van der Waals surface area contributed by atoms with Crippen LogP contribution in [0.4, 0.5) is 4.39 Å². The summed E-state index contributed by atoms with van der Waals surface area (Å²) in [6.45, 7) is 9.60. The number of fused-ring (bicyclic) bond motifs is 2. The molecule has 0 amide bonds. The van der Waals surface area contributed by atoms with E-state index in [4.69, 9.17) is 19.3 Å². The van der Waals surface area contributed by atoms with E-state index in [1.165, 1.54) is 19.3 Å².